The van der Waals surface area contributed by atoms with Crippen LogP contribution < -0.4 is 9.47 Å². The van der Waals surface area contributed by atoms with Gasteiger partial charge in [-0.05, 0) is 48.2 Å². The summed E-state index contributed by atoms with van der Waals surface area (Å²) in [4.78, 5) is 16.2. The van der Waals surface area contributed by atoms with Crippen molar-refractivity contribution >= 4 is 39.1 Å². The molecule has 1 heterocycles. The molecule has 0 aliphatic carbocycles. The van der Waals surface area contributed by atoms with Crippen molar-refractivity contribution in [3.8, 4) is 11.5 Å². The maximum absolute atomic E-state index is 11.9. The minimum absolute atomic E-state index is 0.0150. The molecule has 2 rings (SSSR count). The van der Waals surface area contributed by atoms with Gasteiger partial charge in [0.1, 0.15) is 10.1 Å². The molecule has 6 heteroatoms. The van der Waals surface area contributed by atoms with Crippen molar-refractivity contribution in [1.82, 2.24) is 0 Å². The minimum atomic E-state index is -0.0150. The number of carbonyl (C=O) groups is 1. The fourth-order valence-electron chi connectivity index (χ4n) is 1.78. The Bertz CT molecular complexity index is 597. The normalized spacial score (nSPS) is 16.2. The van der Waals surface area contributed by atoms with Crippen LogP contribution in [-0.2, 0) is 4.79 Å². The van der Waals surface area contributed by atoms with Gasteiger partial charge in [-0.2, -0.15) is 0 Å². The van der Waals surface area contributed by atoms with E-state index in [9.17, 15) is 4.79 Å². The Kier molecular flexibility index (Phi) is 5.76. The summed E-state index contributed by atoms with van der Waals surface area (Å²) in [7, 11) is 1.60. The molecule has 4 nitrogen and oxygen atoms in total. The van der Waals surface area contributed by atoms with E-state index < -0.39 is 0 Å². The van der Waals surface area contributed by atoms with E-state index in [0.717, 1.165) is 15.7 Å². The van der Waals surface area contributed by atoms with Gasteiger partial charge in [-0.25, -0.2) is 4.99 Å². The Morgan fingerprint density at radius 3 is 2.81 bits per heavy atom. The lowest BCUT2D eigenvalue weighted by Gasteiger charge is -2.09. The van der Waals surface area contributed by atoms with Crippen LogP contribution in [0.15, 0.2) is 28.9 Å². The molecule has 0 saturated heterocycles. The number of nitrogens with zero attached hydrogens (tertiary/aromatic N) is 1. The van der Waals surface area contributed by atoms with Crippen molar-refractivity contribution in [3.63, 3.8) is 0 Å². The number of ether oxygens (including phenoxy) is 2. The monoisotopic (exact) mass is 323 g/mol. The quantitative estimate of drug-likeness (QED) is 0.771. The minimum Gasteiger partial charge on any atom is -0.493 e. The van der Waals surface area contributed by atoms with Gasteiger partial charge in [0.2, 0.25) is 5.12 Å². The molecule has 1 aromatic carbocycles. The van der Waals surface area contributed by atoms with Crippen molar-refractivity contribution in [3.05, 3.63) is 29.5 Å². The van der Waals surface area contributed by atoms with Crippen LogP contribution in [0.5, 0.6) is 11.5 Å². The van der Waals surface area contributed by atoms with Crippen LogP contribution in [-0.4, -0.2) is 29.0 Å². The number of benzene rings is 1. The lowest BCUT2D eigenvalue weighted by atomic mass is 10.1. The number of methoxy groups -OCH3 is 1. The van der Waals surface area contributed by atoms with Crippen LogP contribution in [0.2, 0.25) is 0 Å². The summed E-state index contributed by atoms with van der Waals surface area (Å²) in [5.41, 5.74) is 1.34. The largest absolute Gasteiger partial charge is 0.493 e. The summed E-state index contributed by atoms with van der Waals surface area (Å²) in [6.45, 7) is 4.54. The van der Waals surface area contributed by atoms with Gasteiger partial charge >= 0.3 is 0 Å². The van der Waals surface area contributed by atoms with E-state index in [0.29, 0.717) is 23.8 Å². The number of hydrogen-bond donors (Lipinski definition) is 0. The third kappa shape index (κ3) is 4.04. The molecule has 1 aromatic rings. The summed E-state index contributed by atoms with van der Waals surface area (Å²) in [6, 6.07) is 5.57. The molecule has 0 unspecified atom stereocenters. The predicted octanol–water partition coefficient (Wildman–Crippen LogP) is 3.82. The molecule has 0 fully saturated rings. The molecular weight excluding hydrogens is 306 g/mol. The van der Waals surface area contributed by atoms with Crippen molar-refractivity contribution in [2.75, 3.05) is 19.5 Å². The highest BCUT2D eigenvalue weighted by Crippen LogP contribution is 2.33. The summed E-state index contributed by atoms with van der Waals surface area (Å²) >= 11 is 2.77. The van der Waals surface area contributed by atoms with Crippen LogP contribution in [0.3, 0.4) is 0 Å². The number of thioether (sulfide) groups is 2. The first-order valence-corrected chi connectivity index (χ1v) is 8.44. The summed E-state index contributed by atoms with van der Waals surface area (Å²) in [5.74, 6) is 2.25. The van der Waals surface area contributed by atoms with Crippen molar-refractivity contribution in [1.29, 1.82) is 0 Å². The first kappa shape index (κ1) is 16.0. The number of rotatable bonds is 5. The van der Waals surface area contributed by atoms with E-state index in [2.05, 4.69) is 4.99 Å². The molecule has 0 N–H and O–H groups in total. The molecule has 1 aliphatic rings. The van der Waals surface area contributed by atoms with E-state index >= 15 is 0 Å². The number of hydrogen-bond acceptors (Lipinski definition) is 6. The Morgan fingerprint density at radius 2 is 2.14 bits per heavy atom. The molecule has 0 atom stereocenters. The third-order valence-electron chi connectivity index (χ3n) is 2.66. The lowest BCUT2D eigenvalue weighted by Crippen LogP contribution is -1.95. The smallest absolute Gasteiger partial charge is 0.244 e. The zero-order chi connectivity index (χ0) is 15.2. The van der Waals surface area contributed by atoms with Crippen LogP contribution in [0.1, 0.15) is 19.4 Å². The van der Waals surface area contributed by atoms with Crippen molar-refractivity contribution < 1.29 is 14.3 Å². The molecule has 0 radical (unpaired) electrons. The van der Waals surface area contributed by atoms with Gasteiger partial charge in [0.25, 0.3) is 0 Å². The van der Waals surface area contributed by atoms with Gasteiger partial charge in [0.15, 0.2) is 11.5 Å². The molecule has 0 spiro atoms. The number of aliphatic imine (C=N–C) groups is 1. The molecule has 112 valence electrons. The standard InChI is InChI=1S/C15H17NO3S2/c1-4-19-12-7-6-10(9-13(12)18-3)8-11-14(17)21-15(16-11)20-5-2/h6-9H,4-5H2,1-3H3/b11-8-. The van der Waals surface area contributed by atoms with Crippen LogP contribution in [0.4, 0.5) is 0 Å². The van der Waals surface area contributed by atoms with Crippen molar-refractivity contribution in [2.24, 2.45) is 4.99 Å². The fourth-order valence-corrected chi connectivity index (χ4v) is 3.52. The second-order valence-electron chi connectivity index (χ2n) is 4.07. The van der Waals surface area contributed by atoms with E-state index in [4.69, 9.17) is 9.47 Å². The summed E-state index contributed by atoms with van der Waals surface area (Å²) < 4.78 is 11.6. The highest BCUT2D eigenvalue weighted by atomic mass is 32.2. The maximum atomic E-state index is 11.9. The maximum Gasteiger partial charge on any atom is 0.244 e. The van der Waals surface area contributed by atoms with Crippen LogP contribution in [0.25, 0.3) is 6.08 Å². The van der Waals surface area contributed by atoms with Gasteiger partial charge in [0, 0.05) is 0 Å². The molecule has 1 aliphatic heterocycles. The zero-order valence-corrected chi connectivity index (χ0v) is 13.8. The predicted molar refractivity (Wildman–Crippen MR) is 90.3 cm³/mol. The summed E-state index contributed by atoms with van der Waals surface area (Å²) in [5, 5.41) is -0.0150. The number of carbonyl (C=O) groups excluding carboxylic acids is 1. The Hall–Kier alpha value is -1.40. The molecule has 0 saturated carbocycles. The Balaban J connectivity index is 2.26. The van der Waals surface area contributed by atoms with Gasteiger partial charge in [-0.15, -0.1) is 0 Å². The first-order chi connectivity index (χ1) is 10.2. The highest BCUT2D eigenvalue weighted by Gasteiger charge is 2.22. The van der Waals surface area contributed by atoms with E-state index in [1.54, 1.807) is 24.9 Å². The van der Waals surface area contributed by atoms with E-state index in [-0.39, 0.29) is 5.12 Å². The van der Waals surface area contributed by atoms with Gasteiger partial charge < -0.3 is 9.47 Å². The second-order valence-corrected chi connectivity index (χ2v) is 6.55. The fraction of sp³-hybridized carbons (Fsp3) is 0.333. The topological polar surface area (TPSA) is 47.9 Å². The van der Waals surface area contributed by atoms with Crippen LogP contribution in [0, 0.1) is 0 Å². The van der Waals surface area contributed by atoms with E-state index in [1.165, 1.54) is 11.8 Å². The molecule has 0 amide bonds. The zero-order valence-electron chi connectivity index (χ0n) is 12.2. The SMILES string of the molecule is CCOc1ccc(/C=C2\N=C(SCC)SC2=O)cc1OC. The summed E-state index contributed by atoms with van der Waals surface area (Å²) in [6.07, 6.45) is 1.77. The molecule has 0 bridgehead atoms. The lowest BCUT2D eigenvalue weighted by molar-refractivity contribution is -0.107. The Labute approximate surface area is 133 Å². The third-order valence-corrected chi connectivity index (χ3v) is 4.55. The average molecular weight is 323 g/mol. The highest BCUT2D eigenvalue weighted by molar-refractivity contribution is 8.45. The van der Waals surface area contributed by atoms with Crippen molar-refractivity contribution in [2.45, 2.75) is 13.8 Å². The second kappa shape index (κ2) is 7.56. The van der Waals surface area contributed by atoms with Crippen LogP contribution >= 0.6 is 23.5 Å². The van der Waals surface area contributed by atoms with Gasteiger partial charge in [-0.3, -0.25) is 4.79 Å². The molecule has 21 heavy (non-hydrogen) atoms. The average Bonchev–Trinajstić information content (AvgIpc) is 2.81. The van der Waals surface area contributed by atoms with Gasteiger partial charge in [-0.1, -0.05) is 24.8 Å². The Morgan fingerprint density at radius 1 is 1.33 bits per heavy atom. The first-order valence-electron chi connectivity index (χ1n) is 6.64. The molecular formula is C15H17NO3S2. The molecule has 0 aromatic heterocycles. The van der Waals surface area contributed by atoms with E-state index in [1.807, 2.05) is 32.0 Å². The van der Waals surface area contributed by atoms with Gasteiger partial charge in [0.05, 0.1) is 13.7 Å².